The van der Waals surface area contributed by atoms with Crippen LogP contribution in [0.4, 0.5) is 10.2 Å². The summed E-state index contributed by atoms with van der Waals surface area (Å²) in [5, 5.41) is 4.20. The van der Waals surface area contributed by atoms with Gasteiger partial charge in [0.15, 0.2) is 0 Å². The largest absolute Gasteiger partial charge is 0.456 e. The number of piperidine rings is 1. The Morgan fingerprint density at radius 3 is 2.69 bits per heavy atom. The molecule has 154 valence electrons. The number of hydrogen-bond acceptors (Lipinski definition) is 5. The maximum absolute atomic E-state index is 15.2. The summed E-state index contributed by atoms with van der Waals surface area (Å²) >= 11 is 0. The number of aromatic nitrogens is 3. The molecule has 8 heteroatoms. The molecule has 2 fully saturated rings. The second kappa shape index (κ2) is 6.64. The van der Waals surface area contributed by atoms with Crippen molar-refractivity contribution in [1.29, 1.82) is 0 Å². The fourth-order valence-corrected chi connectivity index (χ4v) is 3.76. The second-order valence-electron chi connectivity index (χ2n) is 8.91. The number of esters is 1. The van der Waals surface area contributed by atoms with Crippen LogP contribution >= 0.6 is 0 Å². The van der Waals surface area contributed by atoms with Gasteiger partial charge in [-0.3, -0.25) is 14.4 Å². The van der Waals surface area contributed by atoms with Crippen molar-refractivity contribution in [2.24, 2.45) is 11.8 Å². The number of carbonyl (C=O) groups excluding carboxylic acids is 2. The van der Waals surface area contributed by atoms with Crippen LogP contribution in [0, 0.1) is 24.6 Å². The number of halogens is 1. The number of fused-ring (bicyclic) bond motifs is 1. The fraction of sp³-hybridized carbons (Fsp3) is 0.524. The summed E-state index contributed by atoms with van der Waals surface area (Å²) in [5.41, 5.74) is 0.391. The molecule has 29 heavy (non-hydrogen) atoms. The van der Waals surface area contributed by atoms with E-state index in [2.05, 4.69) is 10.1 Å². The summed E-state index contributed by atoms with van der Waals surface area (Å²) in [6.07, 6.45) is 5.34. The van der Waals surface area contributed by atoms with Gasteiger partial charge in [0.1, 0.15) is 17.2 Å². The van der Waals surface area contributed by atoms with Crippen LogP contribution in [0.5, 0.6) is 0 Å². The number of nitrogens with zero attached hydrogens (tertiary/aromatic N) is 4. The Labute approximate surface area is 168 Å². The molecule has 1 saturated heterocycles. The van der Waals surface area contributed by atoms with E-state index in [4.69, 9.17) is 4.74 Å². The lowest BCUT2D eigenvalue weighted by Crippen LogP contribution is -2.30. The number of rotatable bonds is 4. The molecule has 3 heterocycles. The molecule has 1 saturated carbocycles. The van der Waals surface area contributed by atoms with Crippen molar-refractivity contribution >= 4 is 17.7 Å². The van der Waals surface area contributed by atoms with E-state index in [-0.39, 0.29) is 11.8 Å². The number of hydrogen-bond donors (Lipinski definition) is 0. The Morgan fingerprint density at radius 1 is 1.34 bits per heavy atom. The zero-order valence-electron chi connectivity index (χ0n) is 17.3. The molecule has 4 rings (SSSR count). The minimum atomic E-state index is -0.610. The van der Waals surface area contributed by atoms with E-state index >= 15 is 4.39 Å². The van der Waals surface area contributed by atoms with Crippen molar-refractivity contribution in [1.82, 2.24) is 14.8 Å². The van der Waals surface area contributed by atoms with Crippen molar-refractivity contribution in [3.8, 4) is 0 Å². The minimum absolute atomic E-state index is 0.0416. The van der Waals surface area contributed by atoms with E-state index in [0.29, 0.717) is 35.0 Å². The third-order valence-corrected chi connectivity index (χ3v) is 5.51. The average molecular weight is 400 g/mol. The lowest BCUT2D eigenvalue weighted by atomic mass is 10.1. The molecule has 1 amide bonds. The quantitative estimate of drug-likeness (QED) is 0.736. The zero-order chi connectivity index (χ0) is 21.1. The lowest BCUT2D eigenvalue weighted by molar-refractivity contribution is -0.118. The van der Waals surface area contributed by atoms with E-state index in [9.17, 15) is 9.59 Å². The number of amides is 1. The van der Waals surface area contributed by atoms with Crippen LogP contribution in [0.15, 0.2) is 18.6 Å². The van der Waals surface area contributed by atoms with Gasteiger partial charge in [-0.05, 0) is 47.0 Å². The highest BCUT2D eigenvalue weighted by atomic mass is 19.1. The predicted octanol–water partition coefficient (Wildman–Crippen LogP) is 3.27. The van der Waals surface area contributed by atoms with Crippen molar-refractivity contribution in [3.05, 3.63) is 41.1 Å². The van der Waals surface area contributed by atoms with Gasteiger partial charge in [-0.25, -0.2) is 14.2 Å². The van der Waals surface area contributed by atoms with Gasteiger partial charge >= 0.3 is 5.97 Å². The Balaban J connectivity index is 1.56. The summed E-state index contributed by atoms with van der Waals surface area (Å²) in [6.45, 7) is 9.40. The average Bonchev–Trinajstić information content (AvgIpc) is 3.09. The lowest BCUT2D eigenvalue weighted by Gasteiger charge is -2.22. The van der Waals surface area contributed by atoms with Crippen LogP contribution in [0.3, 0.4) is 0 Å². The first-order valence-corrected chi connectivity index (χ1v) is 9.80. The molecule has 2 aromatic rings. The molecule has 0 N–H and O–H groups in total. The highest BCUT2D eigenvalue weighted by Gasteiger charge is 2.53. The van der Waals surface area contributed by atoms with Gasteiger partial charge < -0.3 is 4.74 Å². The van der Waals surface area contributed by atoms with Gasteiger partial charge in [-0.15, -0.1) is 0 Å². The maximum atomic E-state index is 15.2. The Kier molecular flexibility index (Phi) is 4.47. The van der Waals surface area contributed by atoms with Gasteiger partial charge in [0.25, 0.3) is 0 Å². The van der Waals surface area contributed by atoms with Crippen LogP contribution in [-0.4, -0.2) is 38.8 Å². The van der Waals surface area contributed by atoms with E-state index < -0.39 is 23.4 Å². The molecule has 7 nitrogen and oxygen atoms in total. The van der Waals surface area contributed by atoms with Crippen molar-refractivity contribution in [2.45, 2.75) is 52.7 Å². The number of ether oxygens (including phenoxy) is 1. The number of pyridine rings is 1. The molecule has 0 bridgehead atoms. The topological polar surface area (TPSA) is 77.3 Å². The third-order valence-electron chi connectivity index (χ3n) is 5.51. The van der Waals surface area contributed by atoms with E-state index in [1.807, 2.05) is 0 Å². The minimum Gasteiger partial charge on any atom is -0.456 e. The van der Waals surface area contributed by atoms with Crippen molar-refractivity contribution < 1.29 is 18.7 Å². The van der Waals surface area contributed by atoms with Gasteiger partial charge in [0.2, 0.25) is 5.91 Å². The van der Waals surface area contributed by atoms with Crippen LogP contribution in [0.2, 0.25) is 0 Å². The monoisotopic (exact) mass is 400 g/mol. The molecule has 3 atom stereocenters. The highest BCUT2D eigenvalue weighted by Crippen LogP contribution is 2.47. The Hall–Kier alpha value is -2.77. The van der Waals surface area contributed by atoms with Crippen LogP contribution in [0.25, 0.3) is 0 Å². The Bertz CT molecular complexity index is 994. The Morgan fingerprint density at radius 2 is 2.07 bits per heavy atom. The molecule has 0 radical (unpaired) electrons. The van der Waals surface area contributed by atoms with Gasteiger partial charge in [-0.2, -0.15) is 5.10 Å². The van der Waals surface area contributed by atoms with E-state index in [1.165, 1.54) is 17.1 Å². The molecule has 1 aliphatic heterocycles. The normalized spacial score (nSPS) is 21.9. The summed E-state index contributed by atoms with van der Waals surface area (Å²) in [5.74, 6) is 0.0248. The molecule has 0 spiro atoms. The van der Waals surface area contributed by atoms with Crippen LogP contribution in [-0.2, 0) is 9.53 Å². The first-order chi connectivity index (χ1) is 13.6. The molecule has 1 aliphatic carbocycles. The zero-order valence-corrected chi connectivity index (χ0v) is 17.3. The number of anilines is 1. The van der Waals surface area contributed by atoms with Gasteiger partial charge in [0.05, 0.1) is 17.8 Å². The molecule has 0 aromatic carbocycles. The first kappa shape index (κ1) is 19.5. The SMILES string of the molecule is Cc1c(N2C[C@H]3C[C@H]3C2=O)ncc(C(C)n2cc(C(=O)OC(C)(C)C)cn2)c1F. The standard InChI is InChI=1S/C21H25FN4O3/c1-11-17(22)16(8-23-18(11)25-9-13-6-15(13)19(25)27)12(2)26-10-14(7-24-26)20(28)29-21(3,4)5/h7-8,10,12-13,15H,6,9H2,1-5H3/t12?,13-,15-/m1/s1. The van der Waals surface area contributed by atoms with E-state index in [1.54, 1.807) is 45.7 Å². The van der Waals surface area contributed by atoms with Gasteiger partial charge in [-0.1, -0.05) is 0 Å². The first-order valence-electron chi connectivity index (χ1n) is 9.80. The predicted molar refractivity (Wildman–Crippen MR) is 104 cm³/mol. The molecule has 2 aliphatic rings. The highest BCUT2D eigenvalue weighted by molar-refractivity contribution is 5.99. The molecule has 1 unspecified atom stereocenters. The smallest absolute Gasteiger partial charge is 0.341 e. The van der Waals surface area contributed by atoms with Crippen LogP contribution in [0.1, 0.15) is 61.6 Å². The van der Waals surface area contributed by atoms with E-state index in [0.717, 1.165) is 6.42 Å². The maximum Gasteiger partial charge on any atom is 0.341 e. The molecular formula is C21H25FN4O3. The molecular weight excluding hydrogens is 375 g/mol. The summed E-state index contributed by atoms with van der Waals surface area (Å²) < 4.78 is 22.0. The molecule has 2 aromatic heterocycles. The van der Waals surface area contributed by atoms with Crippen molar-refractivity contribution in [2.75, 3.05) is 11.4 Å². The summed E-state index contributed by atoms with van der Waals surface area (Å²) in [6, 6.07) is -0.478. The van der Waals surface area contributed by atoms with Crippen molar-refractivity contribution in [3.63, 3.8) is 0 Å². The third kappa shape index (κ3) is 3.52. The summed E-state index contributed by atoms with van der Waals surface area (Å²) in [4.78, 5) is 30.5. The fourth-order valence-electron chi connectivity index (χ4n) is 3.76. The summed E-state index contributed by atoms with van der Waals surface area (Å²) in [7, 11) is 0. The second-order valence-corrected chi connectivity index (χ2v) is 8.91. The van der Waals surface area contributed by atoms with Crippen LogP contribution < -0.4 is 4.90 Å². The number of carbonyl (C=O) groups is 2. The van der Waals surface area contributed by atoms with Gasteiger partial charge in [0, 0.05) is 36.0 Å².